The maximum Gasteiger partial charge on any atom is 0.194 e. The summed E-state index contributed by atoms with van der Waals surface area (Å²) in [6, 6.07) is 3.97. The maximum absolute atomic E-state index is 13.4. The standard InChI is InChI=1S/C20H19F3N6/c21-15-7-13(8-16(22)17(15)23)25-9-11-1-3-12(4-2-11)18-19-14-5-6-24-20(14)26-10-29(19)28-27-18/h5-8,10-12,24-25H,1-4,9H2. The van der Waals surface area contributed by atoms with Gasteiger partial charge in [0.1, 0.15) is 17.5 Å². The number of nitrogens with zero attached hydrogens (tertiary/aromatic N) is 4. The maximum atomic E-state index is 13.4. The zero-order chi connectivity index (χ0) is 20.0. The van der Waals surface area contributed by atoms with Gasteiger partial charge >= 0.3 is 0 Å². The molecule has 3 heterocycles. The fourth-order valence-corrected chi connectivity index (χ4v) is 4.25. The Kier molecular flexibility index (Phi) is 4.37. The molecule has 0 amide bonds. The number of hydrogen-bond donors (Lipinski definition) is 2. The van der Waals surface area contributed by atoms with Crippen LogP contribution in [0.25, 0.3) is 16.6 Å². The van der Waals surface area contributed by atoms with E-state index in [1.807, 2.05) is 12.3 Å². The second-order valence-corrected chi connectivity index (χ2v) is 7.60. The molecule has 4 aromatic rings. The molecule has 1 aliphatic carbocycles. The van der Waals surface area contributed by atoms with Crippen molar-refractivity contribution < 1.29 is 13.2 Å². The molecular weight excluding hydrogens is 381 g/mol. The average Bonchev–Trinajstić information content (AvgIpc) is 3.37. The molecule has 0 unspecified atom stereocenters. The Morgan fingerprint density at radius 1 is 1.10 bits per heavy atom. The van der Waals surface area contributed by atoms with Gasteiger partial charge in [0.05, 0.1) is 5.69 Å². The van der Waals surface area contributed by atoms with Gasteiger partial charge in [0, 0.05) is 41.9 Å². The van der Waals surface area contributed by atoms with Crippen LogP contribution in [0.4, 0.5) is 18.9 Å². The molecule has 0 aliphatic heterocycles. The number of nitrogens with one attached hydrogen (secondary N) is 2. The van der Waals surface area contributed by atoms with Crippen LogP contribution in [-0.4, -0.2) is 31.3 Å². The van der Waals surface area contributed by atoms with Crippen molar-refractivity contribution in [3.63, 3.8) is 0 Å². The van der Waals surface area contributed by atoms with Gasteiger partial charge in [-0.3, -0.25) is 0 Å². The van der Waals surface area contributed by atoms with Crippen molar-refractivity contribution in [2.45, 2.75) is 31.6 Å². The van der Waals surface area contributed by atoms with Gasteiger partial charge in [-0.1, -0.05) is 5.21 Å². The number of hydrogen-bond acceptors (Lipinski definition) is 4. The molecule has 1 fully saturated rings. The first-order chi connectivity index (χ1) is 14.1. The predicted octanol–water partition coefficient (Wildman–Crippen LogP) is 4.41. The van der Waals surface area contributed by atoms with Crippen LogP contribution in [0.2, 0.25) is 0 Å². The number of anilines is 1. The fraction of sp³-hybridized carbons (Fsp3) is 0.350. The molecule has 0 atom stereocenters. The second kappa shape index (κ2) is 7.06. The molecule has 0 radical (unpaired) electrons. The molecule has 29 heavy (non-hydrogen) atoms. The number of rotatable bonds is 4. The largest absolute Gasteiger partial charge is 0.385 e. The van der Waals surface area contributed by atoms with E-state index in [-0.39, 0.29) is 5.69 Å². The van der Waals surface area contributed by atoms with Gasteiger partial charge in [0.2, 0.25) is 0 Å². The van der Waals surface area contributed by atoms with Crippen molar-refractivity contribution in [1.82, 2.24) is 24.8 Å². The molecule has 0 saturated heterocycles. The molecule has 150 valence electrons. The summed E-state index contributed by atoms with van der Waals surface area (Å²) >= 11 is 0. The van der Waals surface area contributed by atoms with Gasteiger partial charge in [-0.15, -0.1) is 5.10 Å². The van der Waals surface area contributed by atoms with Crippen molar-refractivity contribution in [3.05, 3.63) is 53.9 Å². The molecular formula is C20H19F3N6. The Morgan fingerprint density at radius 2 is 1.86 bits per heavy atom. The zero-order valence-electron chi connectivity index (χ0n) is 15.5. The lowest BCUT2D eigenvalue weighted by Crippen LogP contribution is -2.21. The van der Waals surface area contributed by atoms with Crippen molar-refractivity contribution >= 4 is 22.2 Å². The smallest absolute Gasteiger partial charge is 0.194 e. The average molecular weight is 400 g/mol. The molecule has 1 saturated carbocycles. The van der Waals surface area contributed by atoms with Crippen LogP contribution < -0.4 is 5.32 Å². The summed E-state index contributed by atoms with van der Waals surface area (Å²) in [5.74, 6) is -3.12. The van der Waals surface area contributed by atoms with E-state index in [9.17, 15) is 13.2 Å². The highest BCUT2D eigenvalue weighted by Gasteiger charge is 2.27. The number of benzene rings is 1. The summed E-state index contributed by atoms with van der Waals surface area (Å²) in [5, 5.41) is 12.7. The van der Waals surface area contributed by atoms with Gasteiger partial charge < -0.3 is 10.3 Å². The zero-order valence-corrected chi connectivity index (χ0v) is 15.5. The van der Waals surface area contributed by atoms with E-state index in [4.69, 9.17) is 0 Å². The minimum absolute atomic E-state index is 0.259. The Balaban J connectivity index is 1.26. The van der Waals surface area contributed by atoms with E-state index in [1.54, 1.807) is 10.8 Å². The molecule has 1 aromatic carbocycles. The van der Waals surface area contributed by atoms with E-state index in [0.29, 0.717) is 18.4 Å². The molecule has 3 aromatic heterocycles. The van der Waals surface area contributed by atoms with Crippen molar-refractivity contribution in [2.24, 2.45) is 5.92 Å². The second-order valence-electron chi connectivity index (χ2n) is 7.60. The SMILES string of the molecule is Fc1cc(NCC2CCC(c3nnn4cnc5[nH]ccc5c34)CC2)cc(F)c1F. The lowest BCUT2D eigenvalue weighted by atomic mass is 9.80. The number of halogens is 3. The molecule has 0 bridgehead atoms. The third kappa shape index (κ3) is 3.20. The minimum Gasteiger partial charge on any atom is -0.385 e. The summed E-state index contributed by atoms with van der Waals surface area (Å²) < 4.78 is 41.5. The van der Waals surface area contributed by atoms with Crippen LogP contribution in [0, 0.1) is 23.4 Å². The van der Waals surface area contributed by atoms with Crippen LogP contribution in [0.3, 0.4) is 0 Å². The quantitative estimate of drug-likeness (QED) is 0.498. The molecule has 0 spiro atoms. The fourth-order valence-electron chi connectivity index (χ4n) is 4.25. The van der Waals surface area contributed by atoms with Crippen molar-refractivity contribution in [2.75, 3.05) is 11.9 Å². The highest BCUT2D eigenvalue weighted by molar-refractivity contribution is 5.92. The first-order valence-electron chi connectivity index (χ1n) is 9.65. The number of aromatic nitrogens is 5. The summed E-state index contributed by atoms with van der Waals surface area (Å²) in [7, 11) is 0. The topological polar surface area (TPSA) is 70.9 Å². The minimum atomic E-state index is -1.44. The number of fused-ring (bicyclic) bond motifs is 3. The number of aromatic amines is 1. The highest BCUT2D eigenvalue weighted by Crippen LogP contribution is 2.37. The molecule has 6 nitrogen and oxygen atoms in total. The molecule has 5 rings (SSSR count). The Labute approximate surface area is 164 Å². The van der Waals surface area contributed by atoms with E-state index in [0.717, 1.165) is 60.1 Å². The van der Waals surface area contributed by atoms with E-state index < -0.39 is 17.5 Å². The van der Waals surface area contributed by atoms with Gasteiger partial charge in [-0.05, 0) is 37.7 Å². The normalized spacial score (nSPS) is 19.8. The van der Waals surface area contributed by atoms with Crippen LogP contribution in [0.15, 0.2) is 30.7 Å². The van der Waals surface area contributed by atoms with E-state index in [1.165, 1.54) is 0 Å². The van der Waals surface area contributed by atoms with Crippen LogP contribution in [0.1, 0.15) is 37.3 Å². The van der Waals surface area contributed by atoms with Crippen LogP contribution in [0.5, 0.6) is 0 Å². The summed E-state index contributed by atoms with van der Waals surface area (Å²) in [6.45, 7) is 0.589. The molecule has 2 N–H and O–H groups in total. The summed E-state index contributed by atoms with van der Waals surface area (Å²) in [6.07, 6.45) is 7.37. The first kappa shape index (κ1) is 18.0. The molecule has 1 aliphatic rings. The Hall–Kier alpha value is -3.10. The Bertz CT molecular complexity index is 1150. The predicted molar refractivity (Wildman–Crippen MR) is 102 cm³/mol. The lowest BCUT2D eigenvalue weighted by molar-refractivity contribution is 0.336. The summed E-state index contributed by atoms with van der Waals surface area (Å²) in [4.78, 5) is 7.45. The van der Waals surface area contributed by atoms with Gasteiger partial charge in [0.15, 0.2) is 17.5 Å². The van der Waals surface area contributed by atoms with Gasteiger partial charge in [-0.25, -0.2) is 22.7 Å². The lowest BCUT2D eigenvalue weighted by Gasteiger charge is -2.28. The Morgan fingerprint density at radius 3 is 2.62 bits per heavy atom. The van der Waals surface area contributed by atoms with Gasteiger partial charge in [-0.2, -0.15) is 0 Å². The third-order valence-corrected chi connectivity index (χ3v) is 5.81. The third-order valence-electron chi connectivity index (χ3n) is 5.81. The first-order valence-corrected chi connectivity index (χ1v) is 9.65. The van der Waals surface area contributed by atoms with E-state index in [2.05, 4.69) is 25.6 Å². The van der Waals surface area contributed by atoms with Crippen molar-refractivity contribution in [3.8, 4) is 0 Å². The van der Waals surface area contributed by atoms with E-state index >= 15 is 0 Å². The molecule has 9 heteroatoms. The van der Waals surface area contributed by atoms with Crippen LogP contribution >= 0.6 is 0 Å². The number of H-pyrrole nitrogens is 1. The monoisotopic (exact) mass is 400 g/mol. The van der Waals surface area contributed by atoms with Crippen LogP contribution in [-0.2, 0) is 0 Å². The van der Waals surface area contributed by atoms with Gasteiger partial charge in [0.25, 0.3) is 0 Å². The van der Waals surface area contributed by atoms with Crippen molar-refractivity contribution in [1.29, 1.82) is 0 Å². The summed E-state index contributed by atoms with van der Waals surface area (Å²) in [5.41, 5.74) is 3.06. The highest BCUT2D eigenvalue weighted by atomic mass is 19.2.